The molecule has 1 atom stereocenters. The number of fused-ring (bicyclic) bond motifs is 2. The van der Waals surface area contributed by atoms with E-state index in [4.69, 9.17) is 39.5 Å². The van der Waals surface area contributed by atoms with E-state index in [1.807, 2.05) is 18.2 Å². The minimum absolute atomic E-state index is 0.0333. The number of amides is 1. The van der Waals surface area contributed by atoms with E-state index >= 15 is 0 Å². The molecule has 0 unspecified atom stereocenters. The number of rotatable bonds is 7. The monoisotopic (exact) mass is 617 g/mol. The SMILES string of the molecule is COC(=O)[C@H](Cc1ccc(-c2ccc(C#N)cc2Cl)c2ncccc12)NC(=O)c1c(Cl)cc2[nH]c(C3CC3)nc2c1Cl. The summed E-state index contributed by atoms with van der Waals surface area (Å²) in [7, 11) is 1.26. The number of pyridine rings is 1. The lowest BCUT2D eigenvalue weighted by Gasteiger charge is -2.19. The number of hydrogen-bond acceptors (Lipinski definition) is 6. The van der Waals surface area contributed by atoms with Crippen molar-refractivity contribution in [2.45, 2.75) is 31.2 Å². The number of ether oxygens (including phenoxy) is 1. The number of nitrogens with zero attached hydrogens (tertiary/aromatic N) is 3. The molecule has 0 radical (unpaired) electrons. The molecule has 11 heteroatoms. The van der Waals surface area contributed by atoms with Crippen LogP contribution in [0.4, 0.5) is 0 Å². The summed E-state index contributed by atoms with van der Waals surface area (Å²) in [4.78, 5) is 38.8. The van der Waals surface area contributed by atoms with E-state index < -0.39 is 17.9 Å². The van der Waals surface area contributed by atoms with Gasteiger partial charge in [-0.3, -0.25) is 9.78 Å². The summed E-state index contributed by atoms with van der Waals surface area (Å²) in [5, 5.41) is 13.4. The molecule has 0 bridgehead atoms. The van der Waals surface area contributed by atoms with Gasteiger partial charge in [-0.25, -0.2) is 9.78 Å². The van der Waals surface area contributed by atoms with Crippen molar-refractivity contribution >= 4 is 68.6 Å². The number of hydrogen-bond donors (Lipinski definition) is 2. The van der Waals surface area contributed by atoms with E-state index in [0.717, 1.165) is 35.2 Å². The summed E-state index contributed by atoms with van der Waals surface area (Å²) < 4.78 is 5.03. The number of H-pyrrole nitrogens is 1. The van der Waals surface area contributed by atoms with Gasteiger partial charge in [0.25, 0.3) is 5.91 Å². The van der Waals surface area contributed by atoms with Gasteiger partial charge in [0, 0.05) is 40.1 Å². The third kappa shape index (κ3) is 5.16. The van der Waals surface area contributed by atoms with Crippen LogP contribution in [0.25, 0.3) is 33.1 Å². The molecule has 8 nitrogen and oxygen atoms in total. The molecule has 210 valence electrons. The molecule has 2 aromatic heterocycles. The van der Waals surface area contributed by atoms with E-state index in [0.29, 0.717) is 38.6 Å². The molecule has 1 aliphatic rings. The Bertz CT molecular complexity index is 1940. The highest BCUT2D eigenvalue weighted by atomic mass is 35.5. The number of esters is 1. The first-order valence-corrected chi connectivity index (χ1v) is 14.2. The smallest absolute Gasteiger partial charge is 0.328 e. The predicted octanol–water partition coefficient (Wildman–Crippen LogP) is 7.00. The topological polar surface area (TPSA) is 121 Å². The molecular weight excluding hydrogens is 597 g/mol. The molecule has 5 aromatic rings. The Balaban J connectivity index is 1.34. The van der Waals surface area contributed by atoms with Crippen molar-refractivity contribution in [2.75, 3.05) is 7.11 Å². The molecule has 0 saturated heterocycles. The fraction of sp³-hybridized carbons (Fsp3) is 0.194. The number of aromatic nitrogens is 3. The Labute approximate surface area is 255 Å². The normalized spacial score (nSPS) is 13.6. The highest BCUT2D eigenvalue weighted by Gasteiger charge is 2.30. The van der Waals surface area contributed by atoms with Crippen LogP contribution < -0.4 is 5.32 Å². The largest absolute Gasteiger partial charge is 0.467 e. The number of aromatic amines is 1. The highest BCUT2D eigenvalue weighted by Crippen LogP contribution is 2.41. The van der Waals surface area contributed by atoms with E-state index in [2.05, 4.69) is 26.3 Å². The second-order valence-electron chi connectivity index (χ2n) is 10.1. The first kappa shape index (κ1) is 28.0. The average molecular weight is 619 g/mol. The van der Waals surface area contributed by atoms with Crippen LogP contribution in [-0.4, -0.2) is 40.0 Å². The molecule has 2 N–H and O–H groups in total. The second kappa shape index (κ2) is 11.3. The zero-order valence-electron chi connectivity index (χ0n) is 22.2. The Hall–Kier alpha value is -4.16. The van der Waals surface area contributed by atoms with E-state index in [-0.39, 0.29) is 22.0 Å². The van der Waals surface area contributed by atoms with Crippen LogP contribution in [0.15, 0.2) is 54.7 Å². The lowest BCUT2D eigenvalue weighted by atomic mass is 9.94. The minimum atomic E-state index is -1.06. The van der Waals surface area contributed by atoms with Gasteiger partial charge in [-0.05, 0) is 42.7 Å². The second-order valence-corrected chi connectivity index (χ2v) is 11.3. The van der Waals surface area contributed by atoms with Crippen molar-refractivity contribution in [3.05, 3.63) is 92.3 Å². The zero-order valence-corrected chi connectivity index (χ0v) is 24.4. The summed E-state index contributed by atoms with van der Waals surface area (Å²) in [5.41, 5.74) is 4.46. The van der Waals surface area contributed by atoms with Crippen LogP contribution >= 0.6 is 34.8 Å². The van der Waals surface area contributed by atoms with E-state index in [1.54, 1.807) is 36.5 Å². The molecule has 1 fully saturated rings. The Morgan fingerprint density at radius 2 is 1.88 bits per heavy atom. The number of methoxy groups -OCH3 is 1. The van der Waals surface area contributed by atoms with Gasteiger partial charge < -0.3 is 15.0 Å². The van der Waals surface area contributed by atoms with Crippen LogP contribution in [0.1, 0.15) is 46.1 Å². The van der Waals surface area contributed by atoms with Crippen molar-refractivity contribution in [3.63, 3.8) is 0 Å². The molecule has 1 aliphatic carbocycles. The van der Waals surface area contributed by atoms with Crippen molar-refractivity contribution in [3.8, 4) is 17.2 Å². The van der Waals surface area contributed by atoms with Crippen LogP contribution in [0.5, 0.6) is 0 Å². The van der Waals surface area contributed by atoms with E-state index in [1.165, 1.54) is 7.11 Å². The summed E-state index contributed by atoms with van der Waals surface area (Å²) in [6.07, 6.45) is 3.86. The maximum absolute atomic E-state index is 13.5. The van der Waals surface area contributed by atoms with Crippen LogP contribution in [-0.2, 0) is 16.0 Å². The number of nitrogens with one attached hydrogen (secondary N) is 2. The Kier molecular flexibility index (Phi) is 7.50. The van der Waals surface area contributed by atoms with Gasteiger partial charge in [0.1, 0.15) is 17.4 Å². The summed E-state index contributed by atoms with van der Waals surface area (Å²) in [5.74, 6) is -0.0820. The molecular formula is C31H22Cl3N5O3. The Morgan fingerprint density at radius 1 is 1.10 bits per heavy atom. The van der Waals surface area contributed by atoms with Crippen molar-refractivity contribution in [1.29, 1.82) is 5.26 Å². The first-order chi connectivity index (χ1) is 20.3. The van der Waals surface area contributed by atoms with Crippen LogP contribution in [0, 0.1) is 11.3 Å². The third-order valence-corrected chi connectivity index (χ3v) is 8.32. The molecule has 2 heterocycles. The van der Waals surface area contributed by atoms with Crippen molar-refractivity contribution in [1.82, 2.24) is 20.3 Å². The molecule has 1 amide bonds. The van der Waals surface area contributed by atoms with Gasteiger partial charge in [-0.15, -0.1) is 0 Å². The number of imidazole rings is 1. The molecule has 42 heavy (non-hydrogen) atoms. The van der Waals surface area contributed by atoms with Gasteiger partial charge in [-0.1, -0.05) is 59.1 Å². The molecule has 3 aromatic carbocycles. The van der Waals surface area contributed by atoms with Crippen molar-refractivity contribution in [2.24, 2.45) is 0 Å². The van der Waals surface area contributed by atoms with Crippen LogP contribution in [0.2, 0.25) is 15.1 Å². The third-order valence-electron chi connectivity index (χ3n) is 7.34. The lowest BCUT2D eigenvalue weighted by molar-refractivity contribution is -0.142. The summed E-state index contributed by atoms with van der Waals surface area (Å²) in [6.45, 7) is 0. The number of halogens is 3. The lowest BCUT2D eigenvalue weighted by Crippen LogP contribution is -2.43. The van der Waals surface area contributed by atoms with Gasteiger partial charge in [0.05, 0.1) is 45.4 Å². The summed E-state index contributed by atoms with van der Waals surface area (Å²) in [6, 6.07) is 15.1. The van der Waals surface area contributed by atoms with Crippen LogP contribution in [0.3, 0.4) is 0 Å². The molecule has 0 aliphatic heterocycles. The standard InChI is InChI=1S/C31H22Cl3N5O3/c1-42-31(41)24(38-30(40)25-22(33)13-23-28(26(25)34)39-29(37-23)16-5-6-16)12-17-7-9-20(27-18(17)3-2-10-36-27)19-8-4-15(14-35)11-21(19)32/h2-4,7-11,13,16,24H,5-6,12H2,1H3,(H,37,39)(H,38,40)/t24-/m0/s1. The fourth-order valence-corrected chi connectivity index (χ4v) is 6.03. The highest BCUT2D eigenvalue weighted by molar-refractivity contribution is 6.43. The fourth-order valence-electron chi connectivity index (χ4n) is 5.07. The maximum atomic E-state index is 13.5. The molecule has 6 rings (SSSR count). The minimum Gasteiger partial charge on any atom is -0.467 e. The van der Waals surface area contributed by atoms with Gasteiger partial charge in [0.15, 0.2) is 0 Å². The van der Waals surface area contributed by atoms with Gasteiger partial charge in [-0.2, -0.15) is 5.26 Å². The molecule has 0 spiro atoms. The predicted molar refractivity (Wildman–Crippen MR) is 162 cm³/mol. The first-order valence-electron chi connectivity index (χ1n) is 13.1. The number of carbonyl (C=O) groups excluding carboxylic acids is 2. The maximum Gasteiger partial charge on any atom is 0.328 e. The average Bonchev–Trinajstić information content (AvgIpc) is 3.75. The van der Waals surface area contributed by atoms with Gasteiger partial charge in [0.2, 0.25) is 0 Å². The van der Waals surface area contributed by atoms with Crippen molar-refractivity contribution < 1.29 is 14.3 Å². The summed E-state index contributed by atoms with van der Waals surface area (Å²) >= 11 is 19.7. The Morgan fingerprint density at radius 3 is 2.60 bits per heavy atom. The number of nitriles is 1. The van der Waals surface area contributed by atoms with E-state index in [9.17, 15) is 14.9 Å². The molecule has 1 saturated carbocycles. The quantitative estimate of drug-likeness (QED) is 0.190. The number of carbonyl (C=O) groups is 2. The number of benzene rings is 3. The zero-order chi connectivity index (χ0) is 29.5. The van der Waals surface area contributed by atoms with Gasteiger partial charge >= 0.3 is 5.97 Å².